The molecule has 0 radical (unpaired) electrons. The van der Waals surface area contributed by atoms with Gasteiger partial charge in [-0.2, -0.15) is 0 Å². The van der Waals surface area contributed by atoms with Gasteiger partial charge in [-0.05, 0) is 90.5 Å². The summed E-state index contributed by atoms with van der Waals surface area (Å²) in [6.45, 7) is 13.5. The number of aromatic nitrogens is 14. The molecule has 0 unspecified atom stereocenters. The van der Waals surface area contributed by atoms with Gasteiger partial charge in [0.15, 0.2) is 54.3 Å². The first-order valence-corrected chi connectivity index (χ1v) is 30.0. The number of fused-ring (bicyclic) bond motifs is 2. The van der Waals surface area contributed by atoms with Gasteiger partial charge in [-0.1, -0.05) is 27.7 Å². The Morgan fingerprint density at radius 1 is 0.600 bits per heavy atom. The van der Waals surface area contributed by atoms with Gasteiger partial charge in [0.25, 0.3) is 11.1 Å². The number of aliphatic hydroxyl groups excluding tert-OH is 1. The Hall–Kier alpha value is -7.71. The topological polar surface area (TPSA) is 311 Å². The van der Waals surface area contributed by atoms with Crippen LogP contribution in [0.4, 0.5) is 16.0 Å². The third-order valence-corrected chi connectivity index (χ3v) is 17.9. The maximum Gasteiger partial charge on any atom is 0.295 e. The van der Waals surface area contributed by atoms with Crippen molar-refractivity contribution < 1.29 is 26.3 Å². The van der Waals surface area contributed by atoms with Crippen LogP contribution in [0.3, 0.4) is 0 Å². The molecule has 3 N–H and O–H groups in total. The molecule has 0 saturated heterocycles. The molecule has 10 rings (SSSR count). The molecular weight excluding hydrogens is 1070 g/mol. The molecule has 2 aliphatic carbocycles. The van der Waals surface area contributed by atoms with Crippen LogP contribution in [0.25, 0.3) is 45.1 Å². The summed E-state index contributed by atoms with van der Waals surface area (Å²) in [4.78, 5) is 81.6. The Morgan fingerprint density at radius 2 is 1.01 bits per heavy atom. The van der Waals surface area contributed by atoms with E-state index in [1.54, 1.807) is 36.9 Å². The minimum Gasteiger partial charge on any atom is -0.390 e. The molecule has 26 heteroatoms. The molecule has 80 heavy (non-hydrogen) atoms. The summed E-state index contributed by atoms with van der Waals surface area (Å²) < 4.78 is 65.9. The average Bonchev–Trinajstić information content (AvgIpc) is 4.44. The minimum absolute atomic E-state index is 0.00352. The first-order chi connectivity index (χ1) is 38.4. The first kappa shape index (κ1) is 57.0. The molecule has 2 atom stereocenters. The van der Waals surface area contributed by atoms with Crippen LogP contribution in [-0.2, 0) is 46.0 Å². The van der Waals surface area contributed by atoms with Crippen LogP contribution < -0.4 is 21.8 Å². The van der Waals surface area contributed by atoms with E-state index in [1.807, 2.05) is 41.5 Å². The second-order valence-corrected chi connectivity index (χ2v) is 24.4. The van der Waals surface area contributed by atoms with Crippen LogP contribution in [-0.4, -0.2) is 102 Å². The monoisotopic (exact) mass is 1130 g/mol. The molecule has 0 aromatic carbocycles. The van der Waals surface area contributed by atoms with Gasteiger partial charge in [-0.3, -0.25) is 28.7 Å². The van der Waals surface area contributed by atoms with Crippen molar-refractivity contribution >= 4 is 53.6 Å². The van der Waals surface area contributed by atoms with Crippen molar-refractivity contribution in [1.82, 2.24) is 68.9 Å². The summed E-state index contributed by atoms with van der Waals surface area (Å²) in [7, 11) is -6.74. The summed E-state index contributed by atoms with van der Waals surface area (Å²) in [5, 5.41) is 16.3. The van der Waals surface area contributed by atoms with Crippen molar-refractivity contribution in [3.8, 4) is 22.8 Å². The number of nitrogens with one attached hydrogen (secondary N) is 2. The molecule has 0 bridgehead atoms. The lowest BCUT2D eigenvalue weighted by Gasteiger charge is -2.19. The molecule has 420 valence electrons. The summed E-state index contributed by atoms with van der Waals surface area (Å²) >= 11 is 0. The molecular formula is C54H63FN16O7S2. The number of pyridine rings is 2. The van der Waals surface area contributed by atoms with Crippen LogP contribution in [0, 0.1) is 13.8 Å². The largest absolute Gasteiger partial charge is 0.390 e. The van der Waals surface area contributed by atoms with E-state index in [9.17, 15) is 35.9 Å². The number of aryl methyl sites for hydroxylation is 2. The molecule has 0 spiro atoms. The summed E-state index contributed by atoms with van der Waals surface area (Å²) in [5.74, 6) is 1.27. The summed E-state index contributed by atoms with van der Waals surface area (Å²) in [6.07, 6.45) is 11.0. The molecule has 8 heterocycles. The van der Waals surface area contributed by atoms with Crippen LogP contribution in [0.1, 0.15) is 150 Å². The minimum atomic E-state index is -3.38. The SMILES string of the molecule is CC[C@@H](C)n1c(=O)c(NCc2ccc(S(=O)(=O)CC)cn2)nc2c(CF)nc(-c3c(C)ncnc3C3CC3)nc21.CC[C@@H](C)n1c(=O)c(NCc2ccc(S(=O)(=O)CC)cn2)nc2c(CO)nc(-c3c(C)ncnc3C3CC3)nc21. The zero-order valence-electron chi connectivity index (χ0n) is 45.8. The second-order valence-electron chi connectivity index (χ2n) is 19.9. The van der Waals surface area contributed by atoms with Gasteiger partial charge in [0, 0.05) is 36.3 Å². The predicted molar refractivity (Wildman–Crippen MR) is 298 cm³/mol. The number of nitrogens with zero attached hydrogens (tertiary/aromatic N) is 14. The zero-order valence-corrected chi connectivity index (χ0v) is 47.4. The number of hydrogen-bond acceptors (Lipinski definition) is 21. The lowest BCUT2D eigenvalue weighted by molar-refractivity contribution is 0.278. The van der Waals surface area contributed by atoms with E-state index in [4.69, 9.17) is 9.97 Å². The van der Waals surface area contributed by atoms with E-state index in [2.05, 4.69) is 60.5 Å². The van der Waals surface area contributed by atoms with E-state index >= 15 is 0 Å². The van der Waals surface area contributed by atoms with Crippen LogP contribution >= 0.6 is 0 Å². The number of aliphatic hydroxyl groups is 1. The van der Waals surface area contributed by atoms with E-state index in [-0.39, 0.29) is 98.0 Å². The fraction of sp³-hybridized carbons (Fsp3) is 0.444. The Morgan fingerprint density at radius 3 is 1.36 bits per heavy atom. The van der Waals surface area contributed by atoms with Gasteiger partial charge < -0.3 is 15.7 Å². The summed E-state index contributed by atoms with van der Waals surface area (Å²) in [5.41, 5.74) is 6.24. The smallest absolute Gasteiger partial charge is 0.295 e. The number of alkyl halides is 1. The van der Waals surface area contributed by atoms with Gasteiger partial charge in [0.1, 0.15) is 36.1 Å². The zero-order chi connectivity index (χ0) is 57.2. The average molecular weight is 1130 g/mol. The van der Waals surface area contributed by atoms with Crippen molar-refractivity contribution in [2.24, 2.45) is 0 Å². The highest BCUT2D eigenvalue weighted by Gasteiger charge is 2.33. The molecule has 2 saturated carbocycles. The highest BCUT2D eigenvalue weighted by molar-refractivity contribution is 7.91. The lowest BCUT2D eigenvalue weighted by atomic mass is 10.1. The van der Waals surface area contributed by atoms with Gasteiger partial charge in [0.05, 0.1) is 92.0 Å². The van der Waals surface area contributed by atoms with E-state index in [0.29, 0.717) is 58.4 Å². The molecule has 0 aliphatic heterocycles. The van der Waals surface area contributed by atoms with E-state index in [1.165, 1.54) is 35.4 Å². The highest BCUT2D eigenvalue weighted by Crippen LogP contribution is 2.44. The lowest BCUT2D eigenvalue weighted by Crippen LogP contribution is -2.29. The van der Waals surface area contributed by atoms with Crippen molar-refractivity contribution in [3.05, 3.63) is 116 Å². The van der Waals surface area contributed by atoms with Gasteiger partial charge in [-0.15, -0.1) is 0 Å². The maximum absolute atomic E-state index is 14.5. The van der Waals surface area contributed by atoms with Crippen LogP contribution in [0.15, 0.2) is 68.7 Å². The fourth-order valence-corrected chi connectivity index (χ4v) is 10.7. The van der Waals surface area contributed by atoms with Gasteiger partial charge >= 0.3 is 0 Å². The third kappa shape index (κ3) is 11.6. The summed E-state index contributed by atoms with van der Waals surface area (Å²) in [6, 6.07) is 5.67. The normalized spacial score (nSPS) is 14.4. The van der Waals surface area contributed by atoms with Crippen LogP contribution in [0.5, 0.6) is 0 Å². The molecule has 2 aliphatic rings. The number of hydrogen-bond donors (Lipinski definition) is 3. The Bertz CT molecular complexity index is 3730. The second kappa shape index (κ2) is 23.6. The van der Waals surface area contributed by atoms with Crippen molar-refractivity contribution in [1.29, 1.82) is 0 Å². The number of halogens is 1. The van der Waals surface area contributed by atoms with Crippen LogP contribution in [0.2, 0.25) is 0 Å². The van der Waals surface area contributed by atoms with E-state index in [0.717, 1.165) is 48.3 Å². The standard InChI is InChI=1S/C27H31FN8O3S.C27H32N8O4S/c1-5-15(3)36-26-23(20(11-28)33-24(35-26)21-16(4)31-14-32-22(21)17-7-8-17)34-25(27(36)37)30-12-18-9-10-19(13-29-18)40(38,39)6-2;1-5-15(3)35-26-23(20(13-36)32-24(34-26)21-16(4)30-14-31-22(21)17-7-8-17)33-25(27(35)37)29-11-18-9-10-19(12-28-18)40(38,39)6-2/h9-10,13-15,17H,5-8,11-12H2,1-4H3,(H,30,34);9-10,12,14-15,17,36H,5-8,11,13H2,1-4H3,(H,29,33)/t2*15-/m11/s1. The van der Waals surface area contributed by atoms with E-state index < -0.39 is 38.5 Å². The fourth-order valence-electron chi connectivity index (χ4n) is 9.07. The predicted octanol–water partition coefficient (Wildman–Crippen LogP) is 7.16. The molecule has 0 amide bonds. The maximum atomic E-state index is 14.5. The van der Waals surface area contributed by atoms with Crippen molar-refractivity contribution in [2.75, 3.05) is 22.1 Å². The number of sulfone groups is 2. The van der Waals surface area contributed by atoms with Crippen molar-refractivity contribution in [2.45, 2.75) is 154 Å². The molecule has 2 fully saturated rings. The Labute approximate surface area is 461 Å². The van der Waals surface area contributed by atoms with Gasteiger partial charge in [-0.25, -0.2) is 71.1 Å². The number of rotatable bonds is 20. The third-order valence-electron chi connectivity index (χ3n) is 14.4. The highest BCUT2D eigenvalue weighted by atomic mass is 32.2. The molecule has 8 aromatic heterocycles. The number of anilines is 2. The molecule has 8 aromatic rings. The first-order valence-electron chi connectivity index (χ1n) is 26.7. The Kier molecular flexibility index (Phi) is 16.8. The van der Waals surface area contributed by atoms with Crippen molar-refractivity contribution in [3.63, 3.8) is 0 Å². The van der Waals surface area contributed by atoms with Gasteiger partial charge in [0.2, 0.25) is 0 Å². The Balaban J connectivity index is 0.000000194. The molecule has 23 nitrogen and oxygen atoms in total. The quantitative estimate of drug-likeness (QED) is 0.0681.